The molecule has 3 N–H and O–H groups in total. The van der Waals surface area contributed by atoms with E-state index in [4.69, 9.17) is 10.5 Å². The molecule has 0 aromatic heterocycles. The largest absolute Gasteiger partial charge is 0.496 e. The first-order valence-electron chi connectivity index (χ1n) is 6.51. The number of para-hydroxylation sites is 1. The summed E-state index contributed by atoms with van der Waals surface area (Å²) in [5.41, 5.74) is 6.59. The van der Waals surface area contributed by atoms with Crippen LogP contribution in [0.5, 0.6) is 5.75 Å². The number of carbonyl (C=O) groups is 1. The van der Waals surface area contributed by atoms with Crippen LogP contribution < -0.4 is 15.8 Å². The van der Waals surface area contributed by atoms with Gasteiger partial charge >= 0.3 is 0 Å². The van der Waals surface area contributed by atoms with Crippen LogP contribution >= 0.6 is 0 Å². The zero-order chi connectivity index (χ0) is 15.4. The van der Waals surface area contributed by atoms with Crippen molar-refractivity contribution in [3.05, 3.63) is 59.4 Å². The van der Waals surface area contributed by atoms with Crippen molar-refractivity contribution in [3.63, 3.8) is 0 Å². The molecule has 0 spiro atoms. The molecule has 2 aromatic rings. The Bertz CT molecular complexity index is 658. The van der Waals surface area contributed by atoms with Crippen LogP contribution in [-0.2, 0) is 0 Å². The molecule has 0 bridgehead atoms. The highest BCUT2D eigenvalue weighted by molar-refractivity contribution is 5.93. The highest BCUT2D eigenvalue weighted by Gasteiger charge is 2.14. The van der Waals surface area contributed by atoms with E-state index in [0.717, 1.165) is 5.56 Å². The van der Waals surface area contributed by atoms with Gasteiger partial charge in [0.05, 0.1) is 18.8 Å². The van der Waals surface area contributed by atoms with E-state index in [-0.39, 0.29) is 17.3 Å². The number of nitrogens with one attached hydrogen (secondary N) is 1. The fourth-order valence-corrected chi connectivity index (χ4v) is 2.12. The van der Waals surface area contributed by atoms with Gasteiger partial charge in [-0.05, 0) is 31.2 Å². The van der Waals surface area contributed by atoms with Gasteiger partial charge in [-0.3, -0.25) is 4.79 Å². The number of hydrogen-bond acceptors (Lipinski definition) is 3. The van der Waals surface area contributed by atoms with Crippen LogP contribution in [0.15, 0.2) is 42.5 Å². The first-order valence-corrected chi connectivity index (χ1v) is 6.51. The van der Waals surface area contributed by atoms with Gasteiger partial charge in [0.15, 0.2) is 0 Å². The molecule has 1 amide bonds. The third-order valence-electron chi connectivity index (χ3n) is 3.23. The Morgan fingerprint density at radius 2 is 2.00 bits per heavy atom. The lowest BCUT2D eigenvalue weighted by Gasteiger charge is -2.19. The van der Waals surface area contributed by atoms with E-state index >= 15 is 0 Å². The Morgan fingerprint density at radius 3 is 2.67 bits per heavy atom. The second-order valence-electron chi connectivity index (χ2n) is 4.67. The summed E-state index contributed by atoms with van der Waals surface area (Å²) in [4.78, 5) is 11.2. The van der Waals surface area contributed by atoms with Crippen LogP contribution in [0.25, 0.3) is 0 Å². The van der Waals surface area contributed by atoms with Crippen molar-refractivity contribution in [3.8, 4) is 5.75 Å². The van der Waals surface area contributed by atoms with Gasteiger partial charge in [0.2, 0.25) is 5.91 Å². The van der Waals surface area contributed by atoms with Crippen LogP contribution in [0.4, 0.5) is 10.1 Å². The Morgan fingerprint density at radius 1 is 1.29 bits per heavy atom. The number of amides is 1. The van der Waals surface area contributed by atoms with E-state index in [9.17, 15) is 9.18 Å². The third kappa shape index (κ3) is 3.31. The first kappa shape index (κ1) is 14.8. The minimum Gasteiger partial charge on any atom is -0.496 e. The van der Waals surface area contributed by atoms with Gasteiger partial charge in [0.1, 0.15) is 11.6 Å². The molecule has 1 atom stereocenters. The molecule has 0 fully saturated rings. The summed E-state index contributed by atoms with van der Waals surface area (Å²) in [7, 11) is 1.58. The van der Waals surface area contributed by atoms with Crippen molar-refractivity contribution in [1.82, 2.24) is 0 Å². The second kappa shape index (κ2) is 6.26. The SMILES string of the molecule is COc1ccccc1C(C)Nc1cc(C(N)=O)ccc1F. The molecule has 0 radical (unpaired) electrons. The molecule has 0 aliphatic rings. The lowest BCUT2D eigenvalue weighted by Crippen LogP contribution is -2.13. The molecule has 21 heavy (non-hydrogen) atoms. The molecular weight excluding hydrogens is 271 g/mol. The van der Waals surface area contributed by atoms with Gasteiger partial charge in [0.25, 0.3) is 0 Å². The van der Waals surface area contributed by atoms with E-state index < -0.39 is 11.7 Å². The first-order chi connectivity index (χ1) is 10.0. The minimum atomic E-state index is -0.594. The smallest absolute Gasteiger partial charge is 0.248 e. The summed E-state index contributed by atoms with van der Waals surface area (Å²) in [5, 5.41) is 3.03. The van der Waals surface area contributed by atoms with E-state index in [2.05, 4.69) is 5.32 Å². The molecule has 0 saturated heterocycles. The summed E-state index contributed by atoms with van der Waals surface area (Å²) in [6.45, 7) is 1.88. The molecule has 1 unspecified atom stereocenters. The van der Waals surface area contributed by atoms with Crippen molar-refractivity contribution >= 4 is 11.6 Å². The maximum absolute atomic E-state index is 13.8. The number of ether oxygens (including phenoxy) is 1. The fourth-order valence-electron chi connectivity index (χ4n) is 2.12. The summed E-state index contributed by atoms with van der Waals surface area (Å²) < 4.78 is 19.1. The Labute approximate surface area is 122 Å². The summed E-state index contributed by atoms with van der Waals surface area (Å²) >= 11 is 0. The van der Waals surface area contributed by atoms with Gasteiger partial charge in [-0.25, -0.2) is 4.39 Å². The number of methoxy groups -OCH3 is 1. The van der Waals surface area contributed by atoms with Crippen LogP contribution in [0, 0.1) is 5.82 Å². The predicted octanol–water partition coefficient (Wildman–Crippen LogP) is 3.11. The molecule has 5 heteroatoms. The summed E-state index contributed by atoms with van der Waals surface area (Å²) in [6, 6.07) is 11.3. The van der Waals surface area contributed by atoms with Crippen molar-refractivity contribution in [2.24, 2.45) is 5.73 Å². The van der Waals surface area contributed by atoms with Crippen molar-refractivity contribution in [2.75, 3.05) is 12.4 Å². The van der Waals surface area contributed by atoms with Crippen LogP contribution in [-0.4, -0.2) is 13.0 Å². The second-order valence-corrected chi connectivity index (χ2v) is 4.67. The predicted molar refractivity (Wildman–Crippen MR) is 79.9 cm³/mol. The van der Waals surface area contributed by atoms with Crippen molar-refractivity contribution < 1.29 is 13.9 Å². The van der Waals surface area contributed by atoms with Crippen LogP contribution in [0.3, 0.4) is 0 Å². The lowest BCUT2D eigenvalue weighted by atomic mass is 10.1. The molecule has 2 rings (SSSR count). The number of anilines is 1. The molecular formula is C16H17FN2O2. The maximum Gasteiger partial charge on any atom is 0.248 e. The van der Waals surface area contributed by atoms with Gasteiger partial charge in [0, 0.05) is 11.1 Å². The number of primary amides is 1. The van der Waals surface area contributed by atoms with Crippen molar-refractivity contribution in [1.29, 1.82) is 0 Å². The average molecular weight is 288 g/mol. The van der Waals surface area contributed by atoms with Gasteiger partial charge in [-0.1, -0.05) is 18.2 Å². The topological polar surface area (TPSA) is 64.3 Å². The van der Waals surface area contributed by atoms with E-state index in [1.807, 2.05) is 31.2 Å². The molecule has 2 aromatic carbocycles. The zero-order valence-electron chi connectivity index (χ0n) is 11.9. The summed E-state index contributed by atoms with van der Waals surface area (Å²) in [6.07, 6.45) is 0. The number of hydrogen-bond donors (Lipinski definition) is 2. The Hall–Kier alpha value is -2.56. The highest BCUT2D eigenvalue weighted by Crippen LogP contribution is 2.28. The minimum absolute atomic E-state index is 0.196. The number of rotatable bonds is 5. The molecule has 0 heterocycles. The number of halogens is 1. The van der Waals surface area contributed by atoms with Gasteiger partial charge in [-0.2, -0.15) is 0 Å². The van der Waals surface area contributed by atoms with E-state index in [0.29, 0.717) is 5.75 Å². The molecule has 110 valence electrons. The lowest BCUT2D eigenvalue weighted by molar-refractivity contribution is 0.100. The Balaban J connectivity index is 2.29. The molecule has 0 saturated carbocycles. The molecule has 0 aliphatic carbocycles. The standard InChI is InChI=1S/C16H17FN2O2/c1-10(12-5-3-4-6-15(12)21-2)19-14-9-11(16(18)20)7-8-13(14)17/h3-10,19H,1-2H3,(H2,18,20). The summed E-state index contributed by atoms with van der Waals surface area (Å²) in [5.74, 6) is -0.325. The highest BCUT2D eigenvalue weighted by atomic mass is 19.1. The monoisotopic (exact) mass is 288 g/mol. The van der Waals surface area contributed by atoms with Crippen molar-refractivity contribution in [2.45, 2.75) is 13.0 Å². The normalized spacial score (nSPS) is 11.8. The zero-order valence-corrected chi connectivity index (χ0v) is 11.9. The maximum atomic E-state index is 13.8. The number of benzene rings is 2. The molecule has 4 nitrogen and oxygen atoms in total. The van der Waals surface area contributed by atoms with Gasteiger partial charge < -0.3 is 15.8 Å². The van der Waals surface area contributed by atoms with Gasteiger partial charge in [-0.15, -0.1) is 0 Å². The third-order valence-corrected chi connectivity index (χ3v) is 3.23. The fraction of sp³-hybridized carbons (Fsp3) is 0.188. The number of carbonyl (C=O) groups excluding carboxylic acids is 1. The average Bonchev–Trinajstić information content (AvgIpc) is 2.49. The van der Waals surface area contributed by atoms with E-state index in [1.54, 1.807) is 7.11 Å². The van der Waals surface area contributed by atoms with Crippen LogP contribution in [0.1, 0.15) is 28.9 Å². The number of nitrogens with two attached hydrogens (primary N) is 1. The Kier molecular flexibility index (Phi) is 4.42. The van der Waals surface area contributed by atoms with E-state index in [1.165, 1.54) is 18.2 Å². The quantitative estimate of drug-likeness (QED) is 0.888. The molecule has 0 aliphatic heterocycles. The van der Waals surface area contributed by atoms with Crippen LogP contribution in [0.2, 0.25) is 0 Å².